The number of ether oxygens (including phenoxy) is 2. The third-order valence-corrected chi connectivity index (χ3v) is 8.09. The molecule has 0 amide bonds. The first-order valence-electron chi connectivity index (χ1n) is 12.5. The second kappa shape index (κ2) is 11.2. The molecule has 0 spiro atoms. The van der Waals surface area contributed by atoms with Crippen molar-refractivity contribution in [1.82, 2.24) is 9.71 Å². The molecule has 8 heteroatoms. The molecule has 0 aliphatic carbocycles. The predicted molar refractivity (Wildman–Crippen MR) is 151 cm³/mol. The minimum absolute atomic E-state index is 0.0617. The van der Waals surface area contributed by atoms with Crippen LogP contribution >= 0.6 is 0 Å². The number of nitrogens with one attached hydrogen (secondary N) is 1. The number of para-hydroxylation sites is 1. The lowest BCUT2D eigenvalue weighted by molar-refractivity contribution is -0.139. The lowest BCUT2D eigenvalue weighted by Crippen LogP contribution is -2.27. The van der Waals surface area contributed by atoms with Gasteiger partial charge >= 0.3 is 5.97 Å². The number of pyridine rings is 1. The fraction of sp³-hybridized carbons (Fsp3) is 0.161. The third kappa shape index (κ3) is 6.08. The van der Waals surface area contributed by atoms with Gasteiger partial charge in [-0.05, 0) is 65.2 Å². The van der Waals surface area contributed by atoms with Crippen LogP contribution in [0.3, 0.4) is 0 Å². The molecular weight excluding hydrogens is 512 g/mol. The van der Waals surface area contributed by atoms with Crippen LogP contribution in [0.15, 0.2) is 102 Å². The molecule has 7 nitrogen and oxygen atoms in total. The minimum Gasteiger partial charge on any atom is -0.487 e. The standard InChI is InChI=1S/C31H28N2O5S/c1-21(29-9-5-3-8-24(29)19-31(34)37-2)33-39(35,36)28-16-13-22-12-15-27(17-25(22)18-28)38-20-26-14-11-23-7-4-6-10-30(23)32-26/h3-18,21,33H,19-20H2,1-2H3. The van der Waals surface area contributed by atoms with E-state index in [4.69, 9.17) is 9.47 Å². The van der Waals surface area contributed by atoms with Crippen LogP contribution in [-0.4, -0.2) is 26.5 Å². The van der Waals surface area contributed by atoms with Crippen LogP contribution in [0.2, 0.25) is 0 Å². The summed E-state index contributed by atoms with van der Waals surface area (Å²) < 4.78 is 40.1. The van der Waals surface area contributed by atoms with Crippen LogP contribution in [-0.2, 0) is 32.6 Å². The van der Waals surface area contributed by atoms with E-state index in [0.29, 0.717) is 23.5 Å². The van der Waals surface area contributed by atoms with Crippen LogP contribution in [0.25, 0.3) is 21.7 Å². The second-order valence-corrected chi connectivity index (χ2v) is 11.0. The van der Waals surface area contributed by atoms with Crippen LogP contribution < -0.4 is 9.46 Å². The molecule has 0 saturated carbocycles. The highest BCUT2D eigenvalue weighted by molar-refractivity contribution is 7.89. The number of carbonyl (C=O) groups is 1. The average Bonchev–Trinajstić information content (AvgIpc) is 2.95. The molecule has 1 N–H and O–H groups in total. The first-order chi connectivity index (χ1) is 18.8. The van der Waals surface area contributed by atoms with Crippen molar-refractivity contribution in [2.75, 3.05) is 7.11 Å². The average molecular weight is 541 g/mol. The molecule has 1 heterocycles. The molecule has 0 radical (unpaired) electrons. The predicted octanol–water partition coefficient (Wildman–Crippen LogP) is 5.72. The summed E-state index contributed by atoms with van der Waals surface area (Å²) in [6.45, 7) is 2.04. The van der Waals surface area contributed by atoms with Gasteiger partial charge in [0.25, 0.3) is 0 Å². The largest absolute Gasteiger partial charge is 0.487 e. The van der Waals surface area contributed by atoms with E-state index in [9.17, 15) is 13.2 Å². The molecule has 5 rings (SSSR count). The molecule has 0 saturated heterocycles. The van der Waals surface area contributed by atoms with E-state index < -0.39 is 16.1 Å². The van der Waals surface area contributed by atoms with E-state index in [0.717, 1.165) is 27.4 Å². The molecule has 4 aromatic carbocycles. The summed E-state index contributed by atoms with van der Waals surface area (Å²) in [7, 11) is -2.53. The van der Waals surface area contributed by atoms with Crippen molar-refractivity contribution in [1.29, 1.82) is 0 Å². The van der Waals surface area contributed by atoms with Crippen LogP contribution in [0.5, 0.6) is 5.75 Å². The highest BCUT2D eigenvalue weighted by Gasteiger charge is 2.21. The molecule has 39 heavy (non-hydrogen) atoms. The number of carbonyl (C=O) groups excluding carboxylic acids is 1. The summed E-state index contributed by atoms with van der Waals surface area (Å²) in [6.07, 6.45) is 0.0617. The lowest BCUT2D eigenvalue weighted by atomic mass is 10.00. The number of hydrogen-bond acceptors (Lipinski definition) is 6. The molecule has 5 aromatic rings. The Morgan fingerprint density at radius 3 is 2.46 bits per heavy atom. The molecule has 0 aliphatic rings. The van der Waals surface area contributed by atoms with Gasteiger partial charge in [0.1, 0.15) is 12.4 Å². The van der Waals surface area contributed by atoms with Gasteiger partial charge in [-0.25, -0.2) is 18.1 Å². The topological polar surface area (TPSA) is 94.6 Å². The first kappa shape index (κ1) is 26.3. The highest BCUT2D eigenvalue weighted by atomic mass is 32.2. The molecule has 0 aliphatic heterocycles. The van der Waals surface area contributed by atoms with E-state index in [1.807, 2.05) is 66.7 Å². The Labute approximate surface area is 227 Å². The minimum atomic E-state index is -3.86. The van der Waals surface area contributed by atoms with Gasteiger partial charge in [-0.1, -0.05) is 60.7 Å². The summed E-state index contributed by atoms with van der Waals surface area (Å²) in [5, 5.41) is 2.69. The molecule has 0 fully saturated rings. The third-order valence-electron chi connectivity index (χ3n) is 6.55. The lowest BCUT2D eigenvalue weighted by Gasteiger charge is -2.18. The number of esters is 1. The summed E-state index contributed by atoms with van der Waals surface area (Å²) in [6, 6.07) is 29.1. The Hall–Kier alpha value is -4.27. The zero-order valence-corrected chi connectivity index (χ0v) is 22.4. The van der Waals surface area contributed by atoms with Gasteiger partial charge in [-0.3, -0.25) is 4.79 Å². The zero-order chi connectivity index (χ0) is 27.4. The number of fused-ring (bicyclic) bond motifs is 2. The van der Waals surface area contributed by atoms with Gasteiger partial charge in [0.15, 0.2) is 0 Å². The van der Waals surface area contributed by atoms with Crippen molar-refractivity contribution in [3.8, 4) is 5.75 Å². The second-order valence-electron chi connectivity index (χ2n) is 9.25. The van der Waals surface area contributed by atoms with Gasteiger partial charge in [0.2, 0.25) is 10.0 Å². The van der Waals surface area contributed by atoms with Gasteiger partial charge in [-0.15, -0.1) is 0 Å². The summed E-state index contributed by atoms with van der Waals surface area (Å²) in [4.78, 5) is 16.6. The van der Waals surface area contributed by atoms with E-state index in [-0.39, 0.29) is 17.3 Å². The van der Waals surface area contributed by atoms with E-state index >= 15 is 0 Å². The van der Waals surface area contributed by atoms with Crippen molar-refractivity contribution in [2.45, 2.75) is 30.9 Å². The highest BCUT2D eigenvalue weighted by Crippen LogP contribution is 2.26. The van der Waals surface area contributed by atoms with E-state index in [2.05, 4.69) is 9.71 Å². The first-order valence-corrected chi connectivity index (χ1v) is 14.0. The SMILES string of the molecule is COC(=O)Cc1ccccc1C(C)NS(=O)(=O)c1ccc2ccc(OCc3ccc4ccccc4n3)cc2c1. The quantitative estimate of drug-likeness (QED) is 0.240. The summed E-state index contributed by atoms with van der Waals surface area (Å²) in [5.41, 5.74) is 3.13. The molecule has 198 valence electrons. The van der Waals surface area contributed by atoms with Crippen molar-refractivity contribution in [3.05, 3.63) is 114 Å². The Morgan fingerprint density at radius 2 is 1.62 bits per heavy atom. The van der Waals surface area contributed by atoms with Crippen LogP contribution in [0.1, 0.15) is 29.8 Å². The Balaban J connectivity index is 1.34. The zero-order valence-electron chi connectivity index (χ0n) is 21.6. The Morgan fingerprint density at radius 1 is 0.872 bits per heavy atom. The van der Waals surface area contributed by atoms with Gasteiger partial charge in [0, 0.05) is 11.4 Å². The summed E-state index contributed by atoms with van der Waals surface area (Å²) in [5.74, 6) is 0.228. The number of sulfonamides is 1. The number of hydrogen-bond donors (Lipinski definition) is 1. The summed E-state index contributed by atoms with van der Waals surface area (Å²) >= 11 is 0. The number of nitrogens with zero attached hydrogens (tertiary/aromatic N) is 1. The molecular formula is C31H28N2O5S. The number of methoxy groups -OCH3 is 1. The smallest absolute Gasteiger partial charge is 0.309 e. The molecule has 0 bridgehead atoms. The number of aromatic nitrogens is 1. The van der Waals surface area contributed by atoms with Crippen molar-refractivity contribution in [3.63, 3.8) is 0 Å². The number of benzene rings is 4. The Bertz CT molecular complexity index is 1770. The number of rotatable bonds is 9. The van der Waals surface area contributed by atoms with Crippen LogP contribution in [0, 0.1) is 0 Å². The maximum atomic E-state index is 13.3. The molecule has 1 atom stereocenters. The normalized spacial score (nSPS) is 12.4. The van der Waals surface area contributed by atoms with Crippen molar-refractivity contribution < 1.29 is 22.7 Å². The fourth-order valence-electron chi connectivity index (χ4n) is 4.52. The van der Waals surface area contributed by atoms with Gasteiger partial charge in [-0.2, -0.15) is 0 Å². The van der Waals surface area contributed by atoms with Gasteiger partial charge < -0.3 is 9.47 Å². The monoisotopic (exact) mass is 540 g/mol. The van der Waals surface area contributed by atoms with E-state index in [1.165, 1.54) is 7.11 Å². The maximum absolute atomic E-state index is 13.3. The fourth-order valence-corrected chi connectivity index (χ4v) is 5.77. The van der Waals surface area contributed by atoms with E-state index in [1.54, 1.807) is 37.3 Å². The van der Waals surface area contributed by atoms with Crippen molar-refractivity contribution >= 4 is 37.7 Å². The van der Waals surface area contributed by atoms with Crippen molar-refractivity contribution in [2.24, 2.45) is 0 Å². The Kier molecular flexibility index (Phi) is 7.58. The molecule has 1 unspecified atom stereocenters. The molecule has 1 aromatic heterocycles. The maximum Gasteiger partial charge on any atom is 0.309 e. The van der Waals surface area contributed by atoms with Gasteiger partial charge in [0.05, 0.1) is 29.6 Å². The van der Waals surface area contributed by atoms with Crippen LogP contribution in [0.4, 0.5) is 0 Å².